The van der Waals surface area contributed by atoms with Crippen LogP contribution in [0.25, 0.3) is 0 Å². The van der Waals surface area contributed by atoms with Crippen molar-refractivity contribution in [2.75, 3.05) is 13.3 Å². The van der Waals surface area contributed by atoms with E-state index in [1.54, 1.807) is 24.4 Å². The fraction of sp³-hybridized carbons (Fsp3) is 0.417. The summed E-state index contributed by atoms with van der Waals surface area (Å²) in [5.74, 6) is -2.03. The summed E-state index contributed by atoms with van der Waals surface area (Å²) in [4.78, 5) is 10.8. The molecule has 0 saturated heterocycles. The Kier molecular flexibility index (Phi) is 5.36. The minimum atomic E-state index is -4.94. The number of halogens is 3. The molecule has 0 fully saturated rings. The standard InChI is InChI=1S/C12H15F3NO3P/c1-3-19-20(2,18)10-7-5-4-6-9(10)8-16-11(17)12(13,14)15/h4-7H,3,8H2,1-2H3,(H,16,17). The van der Waals surface area contributed by atoms with E-state index in [1.165, 1.54) is 18.8 Å². The van der Waals surface area contributed by atoms with E-state index in [4.69, 9.17) is 4.52 Å². The largest absolute Gasteiger partial charge is 0.471 e. The molecule has 1 aromatic rings. The molecule has 1 unspecified atom stereocenters. The molecule has 0 bridgehead atoms. The highest BCUT2D eigenvalue weighted by Gasteiger charge is 2.38. The zero-order valence-electron chi connectivity index (χ0n) is 11.0. The van der Waals surface area contributed by atoms with Crippen molar-refractivity contribution in [3.8, 4) is 0 Å². The van der Waals surface area contributed by atoms with Gasteiger partial charge in [-0.15, -0.1) is 0 Å². The van der Waals surface area contributed by atoms with Gasteiger partial charge in [-0.05, 0) is 18.6 Å². The normalized spacial score (nSPS) is 14.7. The van der Waals surface area contributed by atoms with Crippen LogP contribution in [-0.2, 0) is 20.4 Å². The molecule has 1 amide bonds. The first-order valence-electron chi connectivity index (χ1n) is 5.84. The molecule has 1 rings (SSSR count). The SMILES string of the molecule is CCOP(C)(=O)c1ccccc1CNC(=O)C(F)(F)F. The maximum atomic E-state index is 12.3. The Morgan fingerprint density at radius 1 is 1.35 bits per heavy atom. The first-order chi connectivity index (χ1) is 9.18. The van der Waals surface area contributed by atoms with Gasteiger partial charge in [0, 0.05) is 18.5 Å². The minimum absolute atomic E-state index is 0.219. The van der Waals surface area contributed by atoms with E-state index in [0.29, 0.717) is 10.9 Å². The van der Waals surface area contributed by atoms with E-state index in [0.717, 1.165) is 0 Å². The number of hydrogen-bond donors (Lipinski definition) is 1. The zero-order chi connectivity index (χ0) is 15.4. The van der Waals surface area contributed by atoms with Gasteiger partial charge in [0.2, 0.25) is 7.37 Å². The third-order valence-electron chi connectivity index (χ3n) is 2.50. The van der Waals surface area contributed by atoms with Crippen molar-refractivity contribution in [3.63, 3.8) is 0 Å². The van der Waals surface area contributed by atoms with Crippen molar-refractivity contribution in [2.24, 2.45) is 0 Å². The summed E-state index contributed by atoms with van der Waals surface area (Å²) in [6.07, 6.45) is -4.94. The number of carbonyl (C=O) groups excluding carboxylic acids is 1. The van der Waals surface area contributed by atoms with Gasteiger partial charge < -0.3 is 9.84 Å². The van der Waals surface area contributed by atoms with E-state index in [2.05, 4.69) is 0 Å². The van der Waals surface area contributed by atoms with Crippen molar-refractivity contribution in [1.29, 1.82) is 0 Å². The topological polar surface area (TPSA) is 55.4 Å². The van der Waals surface area contributed by atoms with Gasteiger partial charge in [-0.25, -0.2) is 0 Å². The number of rotatable bonds is 5. The summed E-state index contributed by atoms with van der Waals surface area (Å²) in [5.41, 5.74) is 0.337. The van der Waals surface area contributed by atoms with Gasteiger partial charge >= 0.3 is 12.1 Å². The molecular formula is C12H15F3NO3P. The van der Waals surface area contributed by atoms with Crippen LogP contribution in [0.2, 0.25) is 0 Å². The van der Waals surface area contributed by atoms with E-state index >= 15 is 0 Å². The Hall–Kier alpha value is -1.33. The van der Waals surface area contributed by atoms with Gasteiger partial charge in [0.15, 0.2) is 0 Å². The Balaban J connectivity index is 2.92. The fourth-order valence-electron chi connectivity index (χ4n) is 1.65. The molecule has 0 aliphatic heterocycles. The fourth-order valence-corrected chi connectivity index (χ4v) is 3.31. The van der Waals surface area contributed by atoms with Crippen LogP contribution in [0.3, 0.4) is 0 Å². The predicted molar refractivity (Wildman–Crippen MR) is 69.1 cm³/mol. The number of hydrogen-bond acceptors (Lipinski definition) is 3. The third kappa shape index (κ3) is 4.35. The average Bonchev–Trinajstić information content (AvgIpc) is 2.35. The molecular weight excluding hydrogens is 294 g/mol. The van der Waals surface area contributed by atoms with Crippen molar-refractivity contribution in [2.45, 2.75) is 19.6 Å². The first kappa shape index (κ1) is 16.7. The first-order valence-corrected chi connectivity index (χ1v) is 7.91. The van der Waals surface area contributed by atoms with Gasteiger partial charge in [0.25, 0.3) is 0 Å². The molecule has 0 aliphatic carbocycles. The molecule has 0 heterocycles. The highest BCUT2D eigenvalue weighted by molar-refractivity contribution is 7.66. The number of amides is 1. The molecule has 0 aliphatic rings. The molecule has 112 valence electrons. The lowest BCUT2D eigenvalue weighted by Crippen LogP contribution is -2.37. The number of alkyl halides is 3. The van der Waals surface area contributed by atoms with Crippen LogP contribution in [0.5, 0.6) is 0 Å². The molecule has 0 radical (unpaired) electrons. The Morgan fingerprint density at radius 2 is 1.95 bits per heavy atom. The van der Waals surface area contributed by atoms with Crippen LogP contribution in [0.15, 0.2) is 24.3 Å². The molecule has 1 N–H and O–H groups in total. The maximum absolute atomic E-state index is 12.3. The predicted octanol–water partition coefficient (Wildman–Crippen LogP) is 2.43. The van der Waals surface area contributed by atoms with Gasteiger partial charge in [-0.1, -0.05) is 18.2 Å². The van der Waals surface area contributed by atoms with Crippen LogP contribution >= 0.6 is 7.37 Å². The third-order valence-corrected chi connectivity index (χ3v) is 4.56. The lowest BCUT2D eigenvalue weighted by molar-refractivity contribution is -0.173. The van der Waals surface area contributed by atoms with E-state index in [1.807, 2.05) is 0 Å². The molecule has 20 heavy (non-hydrogen) atoms. The van der Waals surface area contributed by atoms with Crippen LogP contribution in [0.4, 0.5) is 13.2 Å². The lowest BCUT2D eigenvalue weighted by Gasteiger charge is -2.17. The molecule has 8 heteroatoms. The monoisotopic (exact) mass is 309 g/mol. The van der Waals surface area contributed by atoms with Gasteiger partial charge in [-0.3, -0.25) is 9.36 Å². The molecule has 4 nitrogen and oxygen atoms in total. The quantitative estimate of drug-likeness (QED) is 0.850. The van der Waals surface area contributed by atoms with Crippen molar-refractivity contribution in [3.05, 3.63) is 29.8 Å². The van der Waals surface area contributed by atoms with Gasteiger partial charge in [0.05, 0.1) is 6.61 Å². The molecule has 0 saturated carbocycles. The van der Waals surface area contributed by atoms with E-state index in [9.17, 15) is 22.5 Å². The van der Waals surface area contributed by atoms with Gasteiger partial charge in [-0.2, -0.15) is 13.2 Å². The Morgan fingerprint density at radius 3 is 2.50 bits per heavy atom. The molecule has 0 aromatic heterocycles. The number of carbonyl (C=O) groups is 1. The number of benzene rings is 1. The smallest absolute Gasteiger partial charge is 0.344 e. The molecule has 1 aromatic carbocycles. The lowest BCUT2D eigenvalue weighted by atomic mass is 10.2. The van der Waals surface area contributed by atoms with Crippen molar-refractivity contribution < 1.29 is 27.1 Å². The van der Waals surface area contributed by atoms with E-state index < -0.39 is 19.5 Å². The van der Waals surface area contributed by atoms with Crippen molar-refractivity contribution in [1.82, 2.24) is 5.32 Å². The summed E-state index contributed by atoms with van der Waals surface area (Å²) < 4.78 is 53.8. The number of nitrogens with one attached hydrogen (secondary N) is 1. The van der Waals surface area contributed by atoms with Crippen LogP contribution in [-0.4, -0.2) is 25.4 Å². The van der Waals surface area contributed by atoms with Crippen LogP contribution < -0.4 is 10.6 Å². The second kappa shape index (κ2) is 6.41. The van der Waals surface area contributed by atoms with Crippen LogP contribution in [0.1, 0.15) is 12.5 Å². The Bertz CT molecular complexity index is 531. The minimum Gasteiger partial charge on any atom is -0.344 e. The average molecular weight is 309 g/mol. The van der Waals surface area contributed by atoms with Gasteiger partial charge in [0.1, 0.15) is 0 Å². The molecule has 0 spiro atoms. The highest BCUT2D eigenvalue weighted by atomic mass is 31.2. The summed E-state index contributed by atoms with van der Waals surface area (Å²) >= 11 is 0. The summed E-state index contributed by atoms with van der Waals surface area (Å²) in [6.45, 7) is 2.92. The maximum Gasteiger partial charge on any atom is 0.471 e. The summed E-state index contributed by atoms with van der Waals surface area (Å²) in [5, 5.41) is 2.06. The second-order valence-electron chi connectivity index (χ2n) is 4.07. The van der Waals surface area contributed by atoms with Crippen LogP contribution in [0, 0.1) is 0 Å². The highest BCUT2D eigenvalue weighted by Crippen LogP contribution is 2.42. The Labute approximate surface area is 114 Å². The second-order valence-corrected chi connectivity index (χ2v) is 6.50. The summed E-state index contributed by atoms with van der Waals surface area (Å²) in [6, 6.07) is 6.22. The zero-order valence-corrected chi connectivity index (χ0v) is 11.9. The molecule has 1 atom stereocenters. The van der Waals surface area contributed by atoms with E-state index in [-0.39, 0.29) is 13.2 Å². The summed E-state index contributed by atoms with van der Waals surface area (Å²) in [7, 11) is -3.12. The van der Waals surface area contributed by atoms with Crippen molar-refractivity contribution >= 4 is 18.6 Å².